The van der Waals surface area contributed by atoms with Crippen molar-refractivity contribution in [3.63, 3.8) is 0 Å². The van der Waals surface area contributed by atoms with Crippen molar-refractivity contribution in [2.75, 3.05) is 12.3 Å². The number of benzene rings is 1. The molecule has 1 heterocycles. The largest absolute Gasteiger partial charge is 0.366 e. The monoisotopic (exact) mass is 346 g/mol. The third kappa shape index (κ3) is 4.12. The van der Waals surface area contributed by atoms with Crippen molar-refractivity contribution < 1.29 is 9.59 Å². The average molecular weight is 346 g/mol. The summed E-state index contributed by atoms with van der Waals surface area (Å²) in [5, 5.41) is 0. The fraction of sp³-hybridized carbons (Fsp3) is 0.579. The zero-order chi connectivity index (χ0) is 16.9. The van der Waals surface area contributed by atoms with Gasteiger partial charge in [0, 0.05) is 23.9 Å². The number of primary amides is 1. The van der Waals surface area contributed by atoms with Gasteiger partial charge in [0.1, 0.15) is 0 Å². The number of carbonyl (C=O) groups excluding carboxylic acids is 2. The minimum absolute atomic E-state index is 0.297. The molecule has 2 aliphatic rings. The fourth-order valence-corrected chi connectivity index (χ4v) is 4.91. The Balaban J connectivity index is 1.49. The number of rotatable bonds is 5. The van der Waals surface area contributed by atoms with Crippen molar-refractivity contribution in [2.45, 2.75) is 50.3 Å². The van der Waals surface area contributed by atoms with E-state index in [-0.39, 0.29) is 0 Å². The number of nitrogens with zero attached hydrogens (tertiary/aromatic N) is 1. The highest BCUT2D eigenvalue weighted by Crippen LogP contribution is 2.35. The minimum atomic E-state index is -0.406. The van der Waals surface area contributed by atoms with E-state index in [1.54, 1.807) is 23.9 Å². The summed E-state index contributed by atoms with van der Waals surface area (Å²) in [7, 11) is 0. The lowest BCUT2D eigenvalue weighted by Gasteiger charge is -2.44. The van der Waals surface area contributed by atoms with Crippen LogP contribution in [0.3, 0.4) is 0 Å². The molecule has 5 heteroatoms. The maximum absolute atomic E-state index is 12.6. The summed E-state index contributed by atoms with van der Waals surface area (Å²) in [6, 6.07) is 7.82. The van der Waals surface area contributed by atoms with E-state index in [0.29, 0.717) is 23.3 Å². The Kier molecular flexibility index (Phi) is 5.82. The van der Waals surface area contributed by atoms with E-state index in [9.17, 15) is 9.59 Å². The fourth-order valence-electron chi connectivity index (χ4n) is 4.04. The van der Waals surface area contributed by atoms with E-state index in [1.807, 2.05) is 12.1 Å². The molecule has 1 aromatic carbocycles. The molecule has 0 spiro atoms. The molecule has 0 bridgehead atoms. The zero-order valence-corrected chi connectivity index (χ0v) is 14.9. The summed E-state index contributed by atoms with van der Waals surface area (Å²) in [6.07, 6.45) is 7.55. The number of nitrogens with two attached hydrogens (primary N) is 1. The van der Waals surface area contributed by atoms with Gasteiger partial charge in [0.05, 0.1) is 5.75 Å². The number of fused-ring (bicyclic) bond motifs is 1. The molecule has 1 aliphatic heterocycles. The van der Waals surface area contributed by atoms with Gasteiger partial charge in [0.15, 0.2) is 0 Å². The normalized spacial score (nSPS) is 23.6. The van der Waals surface area contributed by atoms with Gasteiger partial charge in [-0.05, 0) is 49.3 Å². The second-order valence-electron chi connectivity index (χ2n) is 6.90. The van der Waals surface area contributed by atoms with Crippen LogP contribution in [0.5, 0.6) is 0 Å². The molecule has 130 valence electrons. The summed E-state index contributed by atoms with van der Waals surface area (Å²) < 4.78 is 0. The van der Waals surface area contributed by atoms with E-state index in [1.165, 1.54) is 32.1 Å². The summed E-state index contributed by atoms with van der Waals surface area (Å²) in [5.41, 5.74) is 6.89. The van der Waals surface area contributed by atoms with Crippen molar-refractivity contribution in [1.82, 2.24) is 4.90 Å². The highest BCUT2D eigenvalue weighted by Gasteiger charge is 2.35. The summed E-state index contributed by atoms with van der Waals surface area (Å²) in [4.78, 5) is 25.9. The predicted molar refractivity (Wildman–Crippen MR) is 97.8 cm³/mol. The summed E-state index contributed by atoms with van der Waals surface area (Å²) >= 11 is 1.65. The van der Waals surface area contributed by atoms with Crippen LogP contribution in [0.15, 0.2) is 24.3 Å². The molecule has 0 unspecified atom stereocenters. The van der Waals surface area contributed by atoms with Crippen LogP contribution in [0.25, 0.3) is 0 Å². The first-order valence-electron chi connectivity index (χ1n) is 8.91. The molecule has 0 aromatic heterocycles. The summed E-state index contributed by atoms with van der Waals surface area (Å²) in [5.74, 6) is 1.96. The maximum atomic E-state index is 12.6. The summed E-state index contributed by atoms with van der Waals surface area (Å²) in [6.45, 7) is 0.938. The molecule has 2 N–H and O–H groups in total. The predicted octanol–water partition coefficient (Wildman–Crippen LogP) is 3.20. The lowest BCUT2D eigenvalue weighted by molar-refractivity contribution is -0.134. The molecular weight excluding hydrogens is 320 g/mol. The van der Waals surface area contributed by atoms with Crippen LogP contribution in [0.1, 0.15) is 54.4 Å². The number of amides is 2. The van der Waals surface area contributed by atoms with Crippen LogP contribution >= 0.6 is 11.8 Å². The van der Waals surface area contributed by atoms with Crippen LogP contribution in [-0.4, -0.2) is 35.1 Å². The second-order valence-corrected chi connectivity index (χ2v) is 7.88. The Morgan fingerprint density at radius 2 is 1.79 bits per heavy atom. The van der Waals surface area contributed by atoms with Gasteiger partial charge in [0.25, 0.3) is 0 Å². The molecule has 1 aromatic rings. The lowest BCUT2D eigenvalue weighted by atomic mass is 9.78. The van der Waals surface area contributed by atoms with Crippen molar-refractivity contribution in [3.8, 4) is 0 Å². The average Bonchev–Trinajstić information content (AvgIpc) is 2.61. The number of hydrogen-bond acceptors (Lipinski definition) is 3. The van der Waals surface area contributed by atoms with E-state index >= 15 is 0 Å². The molecule has 4 nitrogen and oxygen atoms in total. The molecule has 1 saturated heterocycles. The number of hydrogen-bond donors (Lipinski definition) is 1. The number of carbonyl (C=O) groups is 2. The number of thioether (sulfide) groups is 1. The Hall–Kier alpha value is -1.49. The van der Waals surface area contributed by atoms with Crippen LogP contribution < -0.4 is 5.73 Å². The van der Waals surface area contributed by atoms with Gasteiger partial charge in [-0.25, -0.2) is 0 Å². The Morgan fingerprint density at radius 3 is 2.54 bits per heavy atom. The molecular formula is C19H26N2O2S. The smallest absolute Gasteiger partial charge is 0.248 e. The van der Waals surface area contributed by atoms with Gasteiger partial charge < -0.3 is 10.6 Å². The van der Waals surface area contributed by atoms with Gasteiger partial charge in [-0.15, -0.1) is 11.8 Å². The lowest BCUT2D eigenvalue weighted by Crippen LogP contribution is -2.50. The SMILES string of the molecule is NC(=O)c1ccc(CSCC(=O)N2CCC[C@@H]3CCCC[C@@H]32)cc1. The van der Waals surface area contributed by atoms with Crippen LogP contribution in [0.4, 0.5) is 0 Å². The Bertz CT molecular complexity index is 586. The molecule has 1 aliphatic carbocycles. The molecule has 2 amide bonds. The van der Waals surface area contributed by atoms with E-state index in [0.717, 1.165) is 30.2 Å². The molecule has 2 atom stereocenters. The third-order valence-corrected chi connectivity index (χ3v) is 6.28. The van der Waals surface area contributed by atoms with Crippen molar-refractivity contribution in [3.05, 3.63) is 35.4 Å². The van der Waals surface area contributed by atoms with E-state index in [2.05, 4.69) is 4.90 Å². The Labute approximate surface area is 148 Å². The van der Waals surface area contributed by atoms with Gasteiger partial charge in [0.2, 0.25) is 11.8 Å². The Morgan fingerprint density at radius 1 is 1.08 bits per heavy atom. The molecule has 0 radical (unpaired) electrons. The van der Waals surface area contributed by atoms with Crippen LogP contribution in [0.2, 0.25) is 0 Å². The third-order valence-electron chi connectivity index (χ3n) is 5.30. The van der Waals surface area contributed by atoms with E-state index in [4.69, 9.17) is 5.73 Å². The highest BCUT2D eigenvalue weighted by atomic mass is 32.2. The first-order valence-corrected chi connectivity index (χ1v) is 10.1. The molecule has 2 fully saturated rings. The number of likely N-dealkylation sites (tertiary alicyclic amines) is 1. The quantitative estimate of drug-likeness (QED) is 0.890. The minimum Gasteiger partial charge on any atom is -0.366 e. The van der Waals surface area contributed by atoms with Gasteiger partial charge >= 0.3 is 0 Å². The van der Waals surface area contributed by atoms with Crippen LogP contribution in [0, 0.1) is 5.92 Å². The standard InChI is InChI=1S/C19H26N2O2S/c20-19(23)16-9-7-14(8-10-16)12-24-13-18(22)21-11-3-5-15-4-1-2-6-17(15)21/h7-10,15,17H,1-6,11-13H2,(H2,20,23)/t15-,17-/m0/s1. The van der Waals surface area contributed by atoms with E-state index < -0.39 is 5.91 Å². The first kappa shape index (κ1) is 17.3. The van der Waals surface area contributed by atoms with Crippen molar-refractivity contribution in [1.29, 1.82) is 0 Å². The highest BCUT2D eigenvalue weighted by molar-refractivity contribution is 7.99. The topological polar surface area (TPSA) is 63.4 Å². The maximum Gasteiger partial charge on any atom is 0.248 e. The molecule has 24 heavy (non-hydrogen) atoms. The van der Waals surface area contributed by atoms with Crippen LogP contribution in [-0.2, 0) is 10.5 Å². The van der Waals surface area contributed by atoms with Gasteiger partial charge in [-0.3, -0.25) is 9.59 Å². The molecule has 1 saturated carbocycles. The van der Waals surface area contributed by atoms with Gasteiger partial charge in [-0.2, -0.15) is 0 Å². The van der Waals surface area contributed by atoms with Crippen molar-refractivity contribution in [2.24, 2.45) is 11.7 Å². The first-order chi connectivity index (χ1) is 11.6. The molecule has 3 rings (SSSR count). The van der Waals surface area contributed by atoms with Gasteiger partial charge in [-0.1, -0.05) is 25.0 Å². The zero-order valence-electron chi connectivity index (χ0n) is 14.1. The second kappa shape index (κ2) is 8.06. The number of piperidine rings is 1. The van der Waals surface area contributed by atoms with Crippen molar-refractivity contribution >= 4 is 23.6 Å².